The minimum Gasteiger partial charge on any atom is -0.424 e. The molecule has 0 atom stereocenters. The van der Waals surface area contributed by atoms with Gasteiger partial charge in [0.2, 0.25) is 0 Å². The summed E-state index contributed by atoms with van der Waals surface area (Å²) in [5.41, 5.74) is 9.71. The van der Waals surface area contributed by atoms with E-state index in [-0.39, 0.29) is 0 Å². The molecule has 0 saturated carbocycles. The average molecular weight is 243 g/mol. The molecule has 0 aliphatic rings. The van der Waals surface area contributed by atoms with Crippen LogP contribution in [0.25, 0.3) is 0 Å². The molecule has 0 unspecified atom stereocenters. The van der Waals surface area contributed by atoms with Gasteiger partial charge in [0.25, 0.3) is 0 Å². The molecule has 0 saturated heterocycles. The molecule has 1 aromatic heterocycles. The first-order chi connectivity index (χ1) is 8.60. The van der Waals surface area contributed by atoms with Gasteiger partial charge in [-0.2, -0.15) is 0 Å². The van der Waals surface area contributed by atoms with Gasteiger partial charge in [0.15, 0.2) is 0 Å². The van der Waals surface area contributed by atoms with Crippen LogP contribution in [0.1, 0.15) is 22.4 Å². The molecule has 2 N–H and O–H groups in total. The van der Waals surface area contributed by atoms with E-state index in [0.717, 1.165) is 28.1 Å². The summed E-state index contributed by atoms with van der Waals surface area (Å²) in [6.45, 7) is 6.43. The van der Waals surface area contributed by atoms with Gasteiger partial charge in [0, 0.05) is 18.4 Å². The van der Waals surface area contributed by atoms with Crippen molar-refractivity contribution in [1.29, 1.82) is 0 Å². The topological polar surface area (TPSA) is 61.0 Å². The normalized spacial score (nSPS) is 10.4. The predicted molar refractivity (Wildman–Crippen MR) is 70.7 cm³/mol. The van der Waals surface area contributed by atoms with Crippen LogP contribution in [-0.2, 0) is 6.54 Å². The first kappa shape index (κ1) is 12.5. The molecule has 0 radical (unpaired) electrons. The van der Waals surface area contributed by atoms with Crippen LogP contribution in [0, 0.1) is 20.8 Å². The molecule has 94 valence electrons. The molecule has 2 aromatic rings. The molecule has 18 heavy (non-hydrogen) atoms. The van der Waals surface area contributed by atoms with Gasteiger partial charge < -0.3 is 10.5 Å². The van der Waals surface area contributed by atoms with Crippen LogP contribution in [-0.4, -0.2) is 9.97 Å². The van der Waals surface area contributed by atoms with E-state index >= 15 is 0 Å². The molecule has 0 aliphatic carbocycles. The molecule has 0 spiro atoms. The van der Waals surface area contributed by atoms with Gasteiger partial charge in [-0.15, -0.1) is 0 Å². The minimum absolute atomic E-state index is 0.377. The van der Waals surface area contributed by atoms with Crippen LogP contribution >= 0.6 is 0 Å². The number of ether oxygens (including phenoxy) is 1. The second-order valence-corrected chi connectivity index (χ2v) is 4.35. The molecule has 1 heterocycles. The van der Waals surface area contributed by atoms with Crippen molar-refractivity contribution in [1.82, 2.24) is 9.97 Å². The van der Waals surface area contributed by atoms with Crippen LogP contribution in [0.3, 0.4) is 0 Å². The van der Waals surface area contributed by atoms with Crippen molar-refractivity contribution in [2.45, 2.75) is 27.3 Å². The lowest BCUT2D eigenvalue weighted by molar-refractivity contribution is 0.434. The Bertz CT molecular complexity index is 544. The molecule has 0 aliphatic heterocycles. The van der Waals surface area contributed by atoms with Crippen molar-refractivity contribution in [3.05, 3.63) is 46.8 Å². The fourth-order valence-corrected chi connectivity index (χ4v) is 1.89. The Balaban J connectivity index is 2.35. The monoisotopic (exact) mass is 243 g/mol. The maximum absolute atomic E-state index is 5.76. The zero-order valence-electron chi connectivity index (χ0n) is 10.9. The van der Waals surface area contributed by atoms with Crippen molar-refractivity contribution in [2.75, 3.05) is 0 Å². The quantitative estimate of drug-likeness (QED) is 0.900. The Labute approximate surface area is 107 Å². The third kappa shape index (κ3) is 2.65. The van der Waals surface area contributed by atoms with E-state index in [1.54, 1.807) is 6.20 Å². The largest absolute Gasteiger partial charge is 0.424 e. The zero-order valence-corrected chi connectivity index (χ0v) is 10.9. The number of benzene rings is 1. The molecule has 2 rings (SSSR count). The van der Waals surface area contributed by atoms with E-state index in [4.69, 9.17) is 10.5 Å². The summed E-state index contributed by atoms with van der Waals surface area (Å²) < 4.78 is 5.76. The molecule has 0 amide bonds. The fraction of sp³-hybridized carbons (Fsp3) is 0.286. The molecule has 1 aromatic carbocycles. The van der Waals surface area contributed by atoms with Gasteiger partial charge in [0.05, 0.1) is 0 Å². The Morgan fingerprint density at radius 1 is 1.17 bits per heavy atom. The smallest absolute Gasteiger partial charge is 0.322 e. The molecule has 0 fully saturated rings. The first-order valence-electron chi connectivity index (χ1n) is 5.88. The lowest BCUT2D eigenvalue weighted by Gasteiger charge is -2.12. The third-order valence-corrected chi connectivity index (χ3v) is 2.72. The SMILES string of the molecule is Cc1ccnc(Oc2c(C)cc(CN)cc2C)n1. The predicted octanol–water partition coefficient (Wildman–Crippen LogP) is 2.65. The number of aryl methyl sites for hydroxylation is 3. The van der Waals surface area contributed by atoms with Crippen molar-refractivity contribution in [3.8, 4) is 11.8 Å². The maximum Gasteiger partial charge on any atom is 0.322 e. The van der Waals surface area contributed by atoms with E-state index in [2.05, 4.69) is 9.97 Å². The van der Waals surface area contributed by atoms with Gasteiger partial charge >= 0.3 is 6.01 Å². The highest BCUT2D eigenvalue weighted by Gasteiger charge is 2.08. The molecular formula is C14H17N3O. The first-order valence-corrected chi connectivity index (χ1v) is 5.88. The summed E-state index contributed by atoms with van der Waals surface area (Å²) >= 11 is 0. The molecule has 4 heteroatoms. The summed E-state index contributed by atoms with van der Waals surface area (Å²) in [4.78, 5) is 8.34. The highest BCUT2D eigenvalue weighted by atomic mass is 16.5. The van der Waals surface area contributed by atoms with Crippen molar-refractivity contribution < 1.29 is 4.74 Å². The lowest BCUT2D eigenvalue weighted by Crippen LogP contribution is -2.01. The Kier molecular flexibility index (Phi) is 3.58. The van der Waals surface area contributed by atoms with Crippen LogP contribution in [0.4, 0.5) is 0 Å². The van der Waals surface area contributed by atoms with Crippen molar-refractivity contribution in [2.24, 2.45) is 5.73 Å². The molecule has 4 nitrogen and oxygen atoms in total. The highest BCUT2D eigenvalue weighted by Crippen LogP contribution is 2.28. The van der Waals surface area contributed by atoms with Crippen molar-refractivity contribution in [3.63, 3.8) is 0 Å². The van der Waals surface area contributed by atoms with E-state index < -0.39 is 0 Å². The Morgan fingerprint density at radius 2 is 1.83 bits per heavy atom. The fourth-order valence-electron chi connectivity index (χ4n) is 1.89. The number of rotatable bonds is 3. The Hall–Kier alpha value is -1.94. The number of hydrogen-bond donors (Lipinski definition) is 1. The van der Waals surface area contributed by atoms with Crippen molar-refractivity contribution >= 4 is 0 Å². The maximum atomic E-state index is 5.76. The second kappa shape index (κ2) is 5.14. The van der Waals surface area contributed by atoms with Crippen LogP contribution < -0.4 is 10.5 Å². The number of aromatic nitrogens is 2. The minimum atomic E-state index is 0.377. The number of nitrogens with two attached hydrogens (primary N) is 1. The van der Waals surface area contributed by atoms with E-state index in [9.17, 15) is 0 Å². The van der Waals surface area contributed by atoms with Gasteiger partial charge in [-0.3, -0.25) is 0 Å². The summed E-state index contributed by atoms with van der Waals surface area (Å²) in [5.74, 6) is 0.804. The highest BCUT2D eigenvalue weighted by molar-refractivity contribution is 5.44. The number of hydrogen-bond acceptors (Lipinski definition) is 4. The van der Waals surface area contributed by atoms with Crippen LogP contribution in [0.2, 0.25) is 0 Å². The molecule has 0 bridgehead atoms. The third-order valence-electron chi connectivity index (χ3n) is 2.72. The van der Waals surface area contributed by atoms with Gasteiger partial charge in [-0.05, 0) is 43.5 Å². The van der Waals surface area contributed by atoms with E-state index in [1.165, 1.54) is 0 Å². The van der Waals surface area contributed by atoms with Gasteiger partial charge in [-0.1, -0.05) is 12.1 Å². The summed E-state index contributed by atoms with van der Waals surface area (Å²) in [6.07, 6.45) is 1.69. The lowest BCUT2D eigenvalue weighted by atomic mass is 10.1. The van der Waals surface area contributed by atoms with Gasteiger partial charge in [0.1, 0.15) is 5.75 Å². The molecular weight excluding hydrogens is 226 g/mol. The standard InChI is InChI=1S/C14H17N3O/c1-9-6-12(8-15)7-10(2)13(9)18-14-16-5-4-11(3)17-14/h4-7H,8,15H2,1-3H3. The van der Waals surface area contributed by atoms with Gasteiger partial charge in [-0.25, -0.2) is 9.97 Å². The zero-order chi connectivity index (χ0) is 13.1. The van der Waals surface area contributed by atoms with Crippen LogP contribution in [0.5, 0.6) is 11.8 Å². The summed E-state index contributed by atoms with van der Waals surface area (Å²) in [7, 11) is 0. The number of nitrogens with zero attached hydrogens (tertiary/aromatic N) is 2. The second-order valence-electron chi connectivity index (χ2n) is 4.35. The summed E-state index contributed by atoms with van der Waals surface area (Å²) in [5, 5.41) is 0. The van der Waals surface area contributed by atoms with E-state index in [1.807, 2.05) is 39.0 Å². The Morgan fingerprint density at radius 3 is 2.39 bits per heavy atom. The average Bonchev–Trinajstić information content (AvgIpc) is 2.33. The van der Waals surface area contributed by atoms with E-state index in [0.29, 0.717) is 12.6 Å². The summed E-state index contributed by atoms with van der Waals surface area (Å²) in [6, 6.07) is 6.27. The van der Waals surface area contributed by atoms with Crippen LogP contribution in [0.15, 0.2) is 24.4 Å².